The van der Waals surface area contributed by atoms with Gasteiger partial charge in [0.05, 0.1) is 11.4 Å². The lowest BCUT2D eigenvalue weighted by Crippen LogP contribution is -2.08. The first-order chi connectivity index (χ1) is 16.0. The van der Waals surface area contributed by atoms with E-state index >= 15 is 0 Å². The van der Waals surface area contributed by atoms with Crippen LogP contribution in [0.15, 0.2) is 53.7 Å². The van der Waals surface area contributed by atoms with Crippen LogP contribution < -0.4 is 9.47 Å². The number of hydrogen-bond donors (Lipinski definition) is 0. The standard InChI is InChI=1S/C23H20FN5O3S/c1-14-8-19(15(2)28(14)11-16-6-7-21-22(9-16)32-13-31-21)20(30)12-33-23-25-26-27-29(23)18-5-3-4-17(24)10-18/h3-10H,11-13H2,1-2H3. The van der Waals surface area contributed by atoms with Crippen molar-refractivity contribution in [3.8, 4) is 17.2 Å². The molecule has 0 atom stereocenters. The summed E-state index contributed by atoms with van der Waals surface area (Å²) in [7, 11) is 0. The number of nitrogens with zero attached hydrogens (tertiary/aromatic N) is 5. The third kappa shape index (κ3) is 4.21. The van der Waals surface area contributed by atoms with Gasteiger partial charge in [-0.05, 0) is 66.2 Å². The summed E-state index contributed by atoms with van der Waals surface area (Å²) in [6.45, 7) is 4.77. The van der Waals surface area contributed by atoms with Gasteiger partial charge in [-0.3, -0.25) is 4.79 Å². The maximum Gasteiger partial charge on any atom is 0.231 e. The summed E-state index contributed by atoms with van der Waals surface area (Å²) in [6.07, 6.45) is 0. The third-order valence-corrected chi connectivity index (χ3v) is 6.40. The number of aryl methyl sites for hydroxylation is 1. The lowest BCUT2D eigenvalue weighted by molar-refractivity contribution is 0.102. The fraction of sp³-hybridized carbons (Fsp3) is 0.217. The van der Waals surface area contributed by atoms with Crippen molar-refractivity contribution in [2.75, 3.05) is 12.5 Å². The molecule has 0 amide bonds. The molecule has 33 heavy (non-hydrogen) atoms. The van der Waals surface area contributed by atoms with Gasteiger partial charge >= 0.3 is 0 Å². The van der Waals surface area contributed by atoms with Gasteiger partial charge in [0, 0.05) is 23.5 Å². The van der Waals surface area contributed by atoms with E-state index in [-0.39, 0.29) is 24.1 Å². The Labute approximate surface area is 193 Å². The highest BCUT2D eigenvalue weighted by molar-refractivity contribution is 7.99. The quantitative estimate of drug-likeness (QED) is 0.302. The van der Waals surface area contributed by atoms with Crippen molar-refractivity contribution < 1.29 is 18.7 Å². The minimum Gasteiger partial charge on any atom is -0.454 e. The van der Waals surface area contributed by atoms with Crippen molar-refractivity contribution in [1.82, 2.24) is 24.8 Å². The van der Waals surface area contributed by atoms with Crippen LogP contribution in [0.25, 0.3) is 5.69 Å². The van der Waals surface area contributed by atoms with Crippen LogP contribution in [-0.2, 0) is 6.54 Å². The fourth-order valence-electron chi connectivity index (χ4n) is 3.80. The Balaban J connectivity index is 1.31. The first-order valence-electron chi connectivity index (χ1n) is 10.2. The van der Waals surface area contributed by atoms with Crippen molar-refractivity contribution >= 4 is 17.5 Å². The van der Waals surface area contributed by atoms with Gasteiger partial charge in [0.1, 0.15) is 5.82 Å². The largest absolute Gasteiger partial charge is 0.454 e. The van der Waals surface area contributed by atoms with E-state index in [9.17, 15) is 9.18 Å². The number of carbonyl (C=O) groups excluding carboxylic acids is 1. The molecular formula is C23H20FN5O3S. The minimum atomic E-state index is -0.384. The summed E-state index contributed by atoms with van der Waals surface area (Å²) in [5.74, 6) is 1.22. The number of ketones is 1. The highest BCUT2D eigenvalue weighted by Gasteiger charge is 2.19. The molecule has 10 heteroatoms. The molecule has 8 nitrogen and oxygen atoms in total. The monoisotopic (exact) mass is 465 g/mol. The van der Waals surface area contributed by atoms with Gasteiger partial charge in [-0.2, -0.15) is 4.68 Å². The topological polar surface area (TPSA) is 84.1 Å². The summed E-state index contributed by atoms with van der Waals surface area (Å²) in [5.41, 5.74) is 4.09. The lowest BCUT2D eigenvalue weighted by atomic mass is 10.1. The summed E-state index contributed by atoms with van der Waals surface area (Å²) in [4.78, 5) is 13.0. The number of hydrogen-bond acceptors (Lipinski definition) is 7. The summed E-state index contributed by atoms with van der Waals surface area (Å²) < 4.78 is 27.9. The fourth-order valence-corrected chi connectivity index (χ4v) is 4.57. The Morgan fingerprint density at radius 2 is 1.97 bits per heavy atom. The Bertz CT molecular complexity index is 1350. The number of thioether (sulfide) groups is 1. The zero-order valence-electron chi connectivity index (χ0n) is 18.0. The zero-order valence-corrected chi connectivity index (χ0v) is 18.8. The minimum absolute atomic E-state index is 0.0289. The van der Waals surface area contributed by atoms with Crippen molar-refractivity contribution in [2.24, 2.45) is 0 Å². The van der Waals surface area contributed by atoms with E-state index in [1.54, 1.807) is 12.1 Å². The molecule has 2 aromatic carbocycles. The van der Waals surface area contributed by atoms with E-state index in [4.69, 9.17) is 9.47 Å². The van der Waals surface area contributed by atoms with Crippen molar-refractivity contribution in [1.29, 1.82) is 0 Å². The van der Waals surface area contributed by atoms with E-state index in [1.807, 2.05) is 38.1 Å². The van der Waals surface area contributed by atoms with E-state index in [1.165, 1.54) is 28.6 Å². The number of carbonyl (C=O) groups is 1. The Hall–Kier alpha value is -3.66. The van der Waals surface area contributed by atoms with Crippen LogP contribution in [0.5, 0.6) is 11.5 Å². The van der Waals surface area contributed by atoms with Crippen molar-refractivity contribution in [3.63, 3.8) is 0 Å². The van der Waals surface area contributed by atoms with Crippen LogP contribution in [0.3, 0.4) is 0 Å². The average molecular weight is 466 g/mol. The molecule has 0 unspecified atom stereocenters. The van der Waals surface area contributed by atoms with Gasteiger partial charge in [0.25, 0.3) is 0 Å². The maximum absolute atomic E-state index is 13.6. The van der Waals surface area contributed by atoms with Crippen LogP contribution in [0, 0.1) is 19.7 Å². The number of halogens is 1. The predicted molar refractivity (Wildman–Crippen MR) is 120 cm³/mol. The van der Waals surface area contributed by atoms with E-state index in [0.29, 0.717) is 23.0 Å². The van der Waals surface area contributed by atoms with Crippen LogP contribution in [0.2, 0.25) is 0 Å². The molecule has 2 aromatic heterocycles. The highest BCUT2D eigenvalue weighted by Crippen LogP contribution is 2.33. The van der Waals surface area contributed by atoms with Gasteiger partial charge in [-0.25, -0.2) is 4.39 Å². The Morgan fingerprint density at radius 3 is 2.82 bits per heavy atom. The Morgan fingerprint density at radius 1 is 1.12 bits per heavy atom. The molecule has 3 heterocycles. The highest BCUT2D eigenvalue weighted by atomic mass is 32.2. The number of tetrazole rings is 1. The molecule has 1 aliphatic heterocycles. The van der Waals surface area contributed by atoms with E-state index in [2.05, 4.69) is 20.1 Å². The maximum atomic E-state index is 13.6. The first-order valence-corrected chi connectivity index (χ1v) is 11.2. The second kappa shape index (κ2) is 8.70. The number of Topliss-reactive ketones (excluding diaryl/α,β-unsaturated/α-hetero) is 1. The van der Waals surface area contributed by atoms with Crippen LogP contribution in [0.4, 0.5) is 4.39 Å². The zero-order chi connectivity index (χ0) is 22.9. The third-order valence-electron chi connectivity index (χ3n) is 5.48. The molecule has 168 valence electrons. The van der Waals surface area contributed by atoms with Crippen LogP contribution >= 0.6 is 11.8 Å². The van der Waals surface area contributed by atoms with Crippen molar-refractivity contribution in [2.45, 2.75) is 25.5 Å². The molecule has 0 radical (unpaired) electrons. The normalized spacial score (nSPS) is 12.3. The second-order valence-corrected chi connectivity index (χ2v) is 8.57. The number of ether oxygens (including phenoxy) is 2. The van der Waals surface area contributed by atoms with E-state index < -0.39 is 0 Å². The smallest absolute Gasteiger partial charge is 0.231 e. The molecule has 0 saturated heterocycles. The molecular weight excluding hydrogens is 445 g/mol. The summed E-state index contributed by atoms with van der Waals surface area (Å²) in [6, 6.07) is 13.7. The van der Waals surface area contributed by atoms with Gasteiger partial charge in [0.15, 0.2) is 17.3 Å². The molecule has 0 fully saturated rings. The number of rotatable bonds is 7. The molecule has 5 rings (SSSR count). The van der Waals surface area contributed by atoms with Gasteiger partial charge < -0.3 is 14.0 Å². The molecule has 0 aliphatic carbocycles. The number of fused-ring (bicyclic) bond motifs is 1. The molecule has 0 spiro atoms. The van der Waals surface area contributed by atoms with Crippen LogP contribution in [0.1, 0.15) is 27.3 Å². The molecule has 0 saturated carbocycles. The van der Waals surface area contributed by atoms with Crippen LogP contribution in [-0.4, -0.2) is 43.1 Å². The Kier molecular flexibility index (Phi) is 5.59. The van der Waals surface area contributed by atoms with E-state index in [0.717, 1.165) is 28.5 Å². The van der Waals surface area contributed by atoms with Gasteiger partial charge in [-0.15, -0.1) is 5.10 Å². The SMILES string of the molecule is Cc1cc(C(=O)CSc2nnnn2-c2cccc(F)c2)c(C)n1Cc1ccc2c(c1)OCO2. The average Bonchev–Trinajstić information content (AvgIpc) is 3.53. The van der Waals surface area contributed by atoms with Gasteiger partial charge in [-0.1, -0.05) is 23.9 Å². The lowest BCUT2D eigenvalue weighted by Gasteiger charge is -2.10. The van der Waals surface area contributed by atoms with Crippen molar-refractivity contribution in [3.05, 3.63) is 76.9 Å². The molecule has 4 aromatic rings. The molecule has 1 aliphatic rings. The predicted octanol–water partition coefficient (Wildman–Crippen LogP) is 3.97. The first kappa shape index (κ1) is 21.2. The second-order valence-electron chi connectivity index (χ2n) is 7.62. The summed E-state index contributed by atoms with van der Waals surface area (Å²) in [5, 5.41) is 12.0. The van der Waals surface area contributed by atoms with Gasteiger partial charge in [0.2, 0.25) is 11.9 Å². The number of benzene rings is 2. The molecule has 0 bridgehead atoms. The summed E-state index contributed by atoms with van der Waals surface area (Å²) >= 11 is 1.21. The number of aromatic nitrogens is 5. The molecule has 0 N–H and O–H groups in total.